The maximum Gasteiger partial charge on any atom is 0.118 e. The zero-order chi connectivity index (χ0) is 15.6. The largest absolute Gasteiger partial charge is 0.497 e. The van der Waals surface area contributed by atoms with Gasteiger partial charge >= 0.3 is 0 Å². The molecule has 0 spiro atoms. The fraction of sp³-hybridized carbons (Fsp3) is 0.429. The molecule has 2 aliphatic rings. The molecule has 1 aliphatic heterocycles. The normalized spacial score (nSPS) is 23.9. The molecule has 0 bridgehead atoms. The number of piperidine rings is 1. The molecule has 2 aromatic rings. The van der Waals surface area contributed by atoms with Crippen LogP contribution in [0, 0.1) is 5.92 Å². The molecule has 2 aromatic carbocycles. The number of rotatable bonds is 3. The minimum absolute atomic E-state index is 0.784. The minimum Gasteiger partial charge on any atom is -0.497 e. The summed E-state index contributed by atoms with van der Waals surface area (Å²) in [7, 11) is 1.72. The van der Waals surface area contributed by atoms with Crippen molar-refractivity contribution in [3.63, 3.8) is 0 Å². The second-order valence-electron chi connectivity index (χ2n) is 6.98. The van der Waals surface area contributed by atoms with Crippen LogP contribution in [0.15, 0.2) is 48.5 Å². The molecule has 120 valence electrons. The highest BCUT2D eigenvalue weighted by atomic mass is 16.5. The molecule has 0 unspecified atom stereocenters. The molecule has 0 saturated carbocycles. The van der Waals surface area contributed by atoms with Crippen LogP contribution in [0.5, 0.6) is 5.75 Å². The molecule has 2 nitrogen and oxygen atoms in total. The van der Waals surface area contributed by atoms with Crippen molar-refractivity contribution in [1.82, 2.24) is 4.90 Å². The van der Waals surface area contributed by atoms with Gasteiger partial charge in [0, 0.05) is 13.1 Å². The monoisotopic (exact) mass is 307 g/mol. The smallest absolute Gasteiger partial charge is 0.118 e. The van der Waals surface area contributed by atoms with Gasteiger partial charge in [0.25, 0.3) is 0 Å². The van der Waals surface area contributed by atoms with Gasteiger partial charge in [-0.15, -0.1) is 0 Å². The average molecular weight is 307 g/mol. The fourth-order valence-corrected chi connectivity index (χ4v) is 4.41. The van der Waals surface area contributed by atoms with E-state index in [1.807, 2.05) is 0 Å². The molecule has 1 aliphatic carbocycles. The van der Waals surface area contributed by atoms with Crippen molar-refractivity contribution in [2.24, 2.45) is 5.92 Å². The van der Waals surface area contributed by atoms with Crippen molar-refractivity contribution in [1.29, 1.82) is 0 Å². The number of fused-ring (bicyclic) bond motifs is 3. The van der Waals surface area contributed by atoms with Gasteiger partial charge in [-0.2, -0.15) is 0 Å². The fourth-order valence-electron chi connectivity index (χ4n) is 4.41. The number of hydrogen-bond donors (Lipinski definition) is 0. The quantitative estimate of drug-likeness (QED) is 0.840. The lowest BCUT2D eigenvalue weighted by Crippen LogP contribution is -2.40. The van der Waals surface area contributed by atoms with Crippen LogP contribution < -0.4 is 4.74 Å². The van der Waals surface area contributed by atoms with Crippen molar-refractivity contribution >= 4 is 0 Å². The lowest BCUT2D eigenvalue weighted by molar-refractivity contribution is 0.135. The Hall–Kier alpha value is -1.80. The molecular weight excluding hydrogens is 282 g/mol. The van der Waals surface area contributed by atoms with Crippen molar-refractivity contribution in [2.75, 3.05) is 20.2 Å². The molecule has 23 heavy (non-hydrogen) atoms. The van der Waals surface area contributed by atoms with Gasteiger partial charge in [0.05, 0.1) is 7.11 Å². The molecule has 4 rings (SSSR count). The van der Waals surface area contributed by atoms with Crippen LogP contribution in [0.1, 0.15) is 35.4 Å². The minimum atomic E-state index is 0.784. The van der Waals surface area contributed by atoms with Gasteiger partial charge in [-0.05, 0) is 66.5 Å². The van der Waals surface area contributed by atoms with Crippen LogP contribution in [0.4, 0.5) is 0 Å². The van der Waals surface area contributed by atoms with E-state index in [0.29, 0.717) is 0 Å². The summed E-state index contributed by atoms with van der Waals surface area (Å²) in [5.74, 6) is 2.56. The summed E-state index contributed by atoms with van der Waals surface area (Å²) in [6.45, 7) is 3.52. The first-order chi connectivity index (χ1) is 11.3. The first-order valence-electron chi connectivity index (χ1n) is 8.76. The zero-order valence-corrected chi connectivity index (χ0v) is 13.9. The number of methoxy groups -OCH3 is 1. The Morgan fingerprint density at radius 3 is 2.70 bits per heavy atom. The molecule has 1 heterocycles. The summed E-state index contributed by atoms with van der Waals surface area (Å²) in [5.41, 5.74) is 4.62. The molecule has 1 fully saturated rings. The maximum absolute atomic E-state index is 5.25. The van der Waals surface area contributed by atoms with Gasteiger partial charge in [-0.3, -0.25) is 4.90 Å². The number of ether oxygens (including phenoxy) is 1. The summed E-state index contributed by atoms with van der Waals surface area (Å²) in [6, 6.07) is 17.6. The van der Waals surface area contributed by atoms with Gasteiger partial charge in [-0.25, -0.2) is 0 Å². The van der Waals surface area contributed by atoms with Crippen molar-refractivity contribution in [3.8, 4) is 5.75 Å². The lowest BCUT2D eigenvalue weighted by Gasteiger charge is -2.42. The Kier molecular flexibility index (Phi) is 4.09. The third-order valence-electron chi connectivity index (χ3n) is 5.62. The second-order valence-corrected chi connectivity index (χ2v) is 6.98. The van der Waals surface area contributed by atoms with E-state index in [1.165, 1.54) is 37.9 Å². The number of nitrogens with zero attached hydrogens (tertiary/aromatic N) is 1. The Morgan fingerprint density at radius 1 is 1.04 bits per heavy atom. The van der Waals surface area contributed by atoms with E-state index >= 15 is 0 Å². The van der Waals surface area contributed by atoms with E-state index in [0.717, 1.165) is 24.1 Å². The van der Waals surface area contributed by atoms with Crippen molar-refractivity contribution in [2.45, 2.75) is 31.7 Å². The molecular formula is C21H25NO. The second kappa shape index (κ2) is 6.37. The zero-order valence-electron chi connectivity index (χ0n) is 13.9. The third-order valence-corrected chi connectivity index (χ3v) is 5.62. The van der Waals surface area contributed by atoms with E-state index in [2.05, 4.69) is 53.4 Å². The van der Waals surface area contributed by atoms with Gasteiger partial charge in [0.2, 0.25) is 0 Å². The van der Waals surface area contributed by atoms with Crippen LogP contribution in [0.3, 0.4) is 0 Å². The molecule has 0 aromatic heterocycles. The molecule has 1 saturated heterocycles. The predicted octanol–water partition coefficient (Wildman–Crippen LogP) is 4.25. The summed E-state index contributed by atoms with van der Waals surface area (Å²) >= 11 is 0. The first kappa shape index (κ1) is 14.8. The van der Waals surface area contributed by atoms with Crippen LogP contribution in [-0.2, 0) is 13.0 Å². The predicted molar refractivity (Wildman–Crippen MR) is 93.9 cm³/mol. The average Bonchev–Trinajstić information content (AvgIpc) is 2.62. The first-order valence-corrected chi connectivity index (χ1v) is 8.76. The molecule has 2 heteroatoms. The van der Waals surface area contributed by atoms with E-state index < -0.39 is 0 Å². The molecule has 2 atom stereocenters. The number of aryl methyl sites for hydroxylation is 1. The highest BCUT2D eigenvalue weighted by Gasteiger charge is 2.33. The highest BCUT2D eigenvalue weighted by molar-refractivity contribution is 5.34. The lowest BCUT2D eigenvalue weighted by atomic mass is 9.71. The van der Waals surface area contributed by atoms with Crippen LogP contribution in [-0.4, -0.2) is 25.1 Å². The Bertz CT molecular complexity index is 664. The molecule has 0 amide bonds. The van der Waals surface area contributed by atoms with Crippen LogP contribution >= 0.6 is 0 Å². The summed E-state index contributed by atoms with van der Waals surface area (Å²) in [5, 5.41) is 0. The highest BCUT2D eigenvalue weighted by Crippen LogP contribution is 2.41. The van der Waals surface area contributed by atoms with E-state index in [1.54, 1.807) is 18.2 Å². The molecule has 0 radical (unpaired) electrons. The van der Waals surface area contributed by atoms with E-state index in [4.69, 9.17) is 4.74 Å². The van der Waals surface area contributed by atoms with Gasteiger partial charge in [-0.1, -0.05) is 36.4 Å². The Morgan fingerprint density at radius 2 is 1.87 bits per heavy atom. The van der Waals surface area contributed by atoms with Crippen LogP contribution in [0.2, 0.25) is 0 Å². The van der Waals surface area contributed by atoms with Gasteiger partial charge in [0.15, 0.2) is 0 Å². The summed E-state index contributed by atoms with van der Waals surface area (Å²) < 4.78 is 5.25. The maximum atomic E-state index is 5.25. The van der Waals surface area contributed by atoms with Crippen molar-refractivity contribution < 1.29 is 4.74 Å². The van der Waals surface area contributed by atoms with Gasteiger partial charge < -0.3 is 4.74 Å². The standard InChI is InChI=1S/C21H25NO/c1-23-19-10-6-16(7-11-19)14-22-13-12-21-18(15-22)9-8-17-4-2-3-5-20(17)21/h2-7,10-11,18,21H,8-9,12-15H2,1H3/t18-,21-/m0/s1. The summed E-state index contributed by atoms with van der Waals surface area (Å²) in [4.78, 5) is 2.64. The number of benzene rings is 2. The van der Waals surface area contributed by atoms with Gasteiger partial charge in [0.1, 0.15) is 5.75 Å². The van der Waals surface area contributed by atoms with E-state index in [-0.39, 0.29) is 0 Å². The third kappa shape index (κ3) is 3.00. The Balaban J connectivity index is 1.43. The Labute approximate surface area is 139 Å². The number of likely N-dealkylation sites (tertiary alicyclic amines) is 1. The van der Waals surface area contributed by atoms with E-state index in [9.17, 15) is 0 Å². The SMILES string of the molecule is COc1ccc(CN2CC[C@@H]3c4ccccc4CC[C@H]3C2)cc1. The van der Waals surface area contributed by atoms with Crippen molar-refractivity contribution in [3.05, 3.63) is 65.2 Å². The number of hydrogen-bond acceptors (Lipinski definition) is 2. The van der Waals surface area contributed by atoms with Crippen LogP contribution in [0.25, 0.3) is 0 Å². The summed E-state index contributed by atoms with van der Waals surface area (Å²) in [6.07, 6.45) is 3.91. The topological polar surface area (TPSA) is 12.5 Å². The molecule has 0 N–H and O–H groups in total.